The molecule has 1 aliphatic rings. The van der Waals surface area contributed by atoms with Crippen LogP contribution in [0.4, 0.5) is 13.2 Å². The van der Waals surface area contributed by atoms with Crippen molar-refractivity contribution in [3.05, 3.63) is 18.3 Å². The number of piperidine rings is 1. The van der Waals surface area contributed by atoms with E-state index in [4.69, 9.17) is 0 Å². The molecule has 0 aromatic carbocycles. The van der Waals surface area contributed by atoms with E-state index in [0.717, 1.165) is 38.2 Å². The zero-order valence-corrected chi connectivity index (χ0v) is 14.3. The average Bonchev–Trinajstić information content (AvgIpc) is 2.52. The number of aromatic nitrogens is 1. The third-order valence-corrected chi connectivity index (χ3v) is 4.77. The van der Waals surface area contributed by atoms with Crippen molar-refractivity contribution in [1.82, 2.24) is 15.0 Å². The van der Waals surface area contributed by atoms with Crippen LogP contribution in [0, 0.1) is 5.92 Å². The van der Waals surface area contributed by atoms with Gasteiger partial charge in [-0.3, -0.25) is 0 Å². The molecule has 1 aromatic rings. The van der Waals surface area contributed by atoms with Crippen molar-refractivity contribution in [1.29, 1.82) is 0 Å². The molecule has 1 aliphatic heterocycles. The third-order valence-electron chi connectivity index (χ3n) is 3.36. The number of sulfonamides is 1. The molecule has 0 spiro atoms. The van der Waals surface area contributed by atoms with Crippen molar-refractivity contribution < 1.29 is 26.3 Å². The lowest BCUT2D eigenvalue weighted by Crippen LogP contribution is -2.38. The van der Waals surface area contributed by atoms with E-state index in [1.54, 1.807) is 0 Å². The van der Waals surface area contributed by atoms with Gasteiger partial charge in [0.25, 0.3) is 0 Å². The first kappa shape index (κ1) is 20.9. The summed E-state index contributed by atoms with van der Waals surface area (Å²) in [4.78, 5) is 3.48. The Morgan fingerprint density at radius 2 is 2.12 bits per heavy atom. The molecular formula is C13H19ClF3N3O3S. The zero-order valence-electron chi connectivity index (χ0n) is 12.7. The molecule has 138 valence electrons. The largest absolute Gasteiger partial charge is 0.468 e. The number of rotatable bonds is 6. The van der Waals surface area contributed by atoms with Crippen molar-refractivity contribution in [2.45, 2.75) is 23.9 Å². The number of hydrogen-bond acceptors (Lipinski definition) is 5. The Morgan fingerprint density at radius 3 is 2.67 bits per heavy atom. The van der Waals surface area contributed by atoms with E-state index >= 15 is 0 Å². The van der Waals surface area contributed by atoms with Crippen LogP contribution in [0.25, 0.3) is 0 Å². The first-order chi connectivity index (χ1) is 10.8. The summed E-state index contributed by atoms with van der Waals surface area (Å²) in [6.07, 6.45) is -1.55. The summed E-state index contributed by atoms with van der Waals surface area (Å²) in [5, 5.41) is 3.19. The van der Waals surface area contributed by atoms with Gasteiger partial charge in [-0.1, -0.05) is 0 Å². The third kappa shape index (κ3) is 6.80. The fraction of sp³-hybridized carbons (Fsp3) is 0.615. The molecule has 2 rings (SSSR count). The molecule has 0 saturated carbocycles. The number of hydrogen-bond donors (Lipinski definition) is 2. The van der Waals surface area contributed by atoms with Crippen molar-refractivity contribution >= 4 is 22.4 Å². The maximum Gasteiger partial charge on any atom is 0.422 e. The molecule has 2 N–H and O–H groups in total. The van der Waals surface area contributed by atoms with Crippen LogP contribution in [0.2, 0.25) is 0 Å². The van der Waals surface area contributed by atoms with Gasteiger partial charge in [-0.2, -0.15) is 13.2 Å². The summed E-state index contributed by atoms with van der Waals surface area (Å²) in [5.74, 6) is -0.0568. The second kappa shape index (κ2) is 8.84. The molecule has 1 unspecified atom stereocenters. The lowest BCUT2D eigenvalue weighted by molar-refractivity contribution is -0.154. The molecule has 24 heavy (non-hydrogen) atoms. The molecule has 1 saturated heterocycles. The lowest BCUT2D eigenvalue weighted by atomic mass is 10.0. The van der Waals surface area contributed by atoms with Crippen LogP contribution >= 0.6 is 12.4 Å². The summed E-state index contributed by atoms with van der Waals surface area (Å²) >= 11 is 0. The predicted octanol–water partition coefficient (Wildman–Crippen LogP) is 1.72. The molecule has 1 aromatic heterocycles. The molecule has 0 aliphatic carbocycles. The number of pyridine rings is 1. The van der Waals surface area contributed by atoms with Crippen molar-refractivity contribution in [3.8, 4) is 5.88 Å². The Balaban J connectivity index is 0.00000288. The standard InChI is InChI=1S/C13H18F3N3O3S.ClH/c14-13(15,16)9-22-12-4-3-11(8-18-12)23(20,21)19-7-10-2-1-5-17-6-10;/h3-4,8,10,17,19H,1-2,5-7,9H2;1H. The van der Waals surface area contributed by atoms with Gasteiger partial charge in [0.05, 0.1) is 6.20 Å². The van der Waals surface area contributed by atoms with Crippen LogP contribution in [0.15, 0.2) is 23.2 Å². The quantitative estimate of drug-likeness (QED) is 0.774. The van der Waals surface area contributed by atoms with Crippen LogP contribution in [-0.4, -0.2) is 45.8 Å². The van der Waals surface area contributed by atoms with Crippen LogP contribution in [0.1, 0.15) is 12.8 Å². The lowest BCUT2D eigenvalue weighted by Gasteiger charge is -2.22. The van der Waals surface area contributed by atoms with Crippen molar-refractivity contribution in [3.63, 3.8) is 0 Å². The summed E-state index contributed by atoms with van der Waals surface area (Å²) in [6.45, 7) is 0.526. The number of nitrogens with one attached hydrogen (secondary N) is 2. The molecule has 1 atom stereocenters. The Morgan fingerprint density at radius 1 is 1.38 bits per heavy atom. The minimum absolute atomic E-state index is 0. The molecule has 0 amide bonds. The first-order valence-electron chi connectivity index (χ1n) is 7.12. The van der Waals surface area contributed by atoms with Gasteiger partial charge in [-0.05, 0) is 37.9 Å². The normalized spacial score (nSPS) is 18.7. The van der Waals surface area contributed by atoms with Gasteiger partial charge in [0, 0.05) is 12.6 Å². The van der Waals surface area contributed by atoms with Crippen LogP contribution in [0.5, 0.6) is 5.88 Å². The molecule has 0 radical (unpaired) electrons. The highest BCUT2D eigenvalue weighted by molar-refractivity contribution is 7.89. The summed E-state index contributed by atoms with van der Waals surface area (Å²) in [5.41, 5.74) is 0. The average molecular weight is 390 g/mol. The minimum atomic E-state index is -4.47. The Labute approximate surface area is 144 Å². The second-order valence-corrected chi connectivity index (χ2v) is 7.07. The highest BCUT2D eigenvalue weighted by Gasteiger charge is 2.28. The van der Waals surface area contributed by atoms with Crippen LogP contribution < -0.4 is 14.8 Å². The maximum absolute atomic E-state index is 12.1. The Bertz CT molecular complexity index is 605. The second-order valence-electron chi connectivity index (χ2n) is 5.30. The van der Waals surface area contributed by atoms with Crippen molar-refractivity contribution in [2.75, 3.05) is 26.2 Å². The van der Waals surface area contributed by atoms with E-state index in [0.29, 0.717) is 6.54 Å². The summed E-state index contributed by atoms with van der Waals surface area (Å²) < 4.78 is 67.2. The summed E-state index contributed by atoms with van der Waals surface area (Å²) in [6, 6.07) is 2.27. The number of alkyl halides is 3. The number of ether oxygens (including phenoxy) is 1. The van der Waals surface area contributed by atoms with Gasteiger partial charge in [-0.25, -0.2) is 18.1 Å². The first-order valence-corrected chi connectivity index (χ1v) is 8.60. The number of halogens is 4. The Kier molecular flexibility index (Phi) is 7.71. The highest BCUT2D eigenvalue weighted by atomic mass is 35.5. The van der Waals surface area contributed by atoms with E-state index in [-0.39, 0.29) is 29.1 Å². The highest BCUT2D eigenvalue weighted by Crippen LogP contribution is 2.18. The van der Waals surface area contributed by atoms with E-state index in [9.17, 15) is 21.6 Å². The van der Waals surface area contributed by atoms with E-state index in [1.807, 2.05) is 0 Å². The maximum atomic E-state index is 12.1. The smallest absolute Gasteiger partial charge is 0.422 e. The van der Waals surface area contributed by atoms with E-state index in [1.165, 1.54) is 6.07 Å². The van der Waals surface area contributed by atoms with Gasteiger partial charge < -0.3 is 10.1 Å². The van der Waals surface area contributed by atoms with E-state index < -0.39 is 22.8 Å². The topological polar surface area (TPSA) is 80.3 Å². The predicted molar refractivity (Wildman–Crippen MR) is 83.8 cm³/mol. The molecule has 1 fully saturated rings. The molecule has 0 bridgehead atoms. The van der Waals surface area contributed by atoms with Gasteiger partial charge in [-0.15, -0.1) is 12.4 Å². The SMILES string of the molecule is Cl.O=S(=O)(NCC1CCCNC1)c1ccc(OCC(F)(F)F)nc1. The monoisotopic (exact) mass is 389 g/mol. The van der Waals surface area contributed by atoms with Gasteiger partial charge >= 0.3 is 6.18 Å². The molecule has 6 nitrogen and oxygen atoms in total. The molecule has 2 heterocycles. The fourth-order valence-corrected chi connectivity index (χ4v) is 3.24. The zero-order chi connectivity index (χ0) is 16.9. The minimum Gasteiger partial charge on any atom is -0.468 e. The van der Waals surface area contributed by atoms with Crippen LogP contribution in [0.3, 0.4) is 0 Å². The molecular weight excluding hydrogens is 371 g/mol. The van der Waals surface area contributed by atoms with Crippen molar-refractivity contribution in [2.24, 2.45) is 5.92 Å². The Hall–Kier alpha value is -1.10. The molecule has 11 heteroatoms. The van der Waals surface area contributed by atoms with E-state index in [2.05, 4.69) is 19.8 Å². The summed E-state index contributed by atoms with van der Waals surface area (Å²) in [7, 11) is -3.74. The van der Waals surface area contributed by atoms with Gasteiger partial charge in [0.2, 0.25) is 15.9 Å². The van der Waals surface area contributed by atoms with Gasteiger partial charge in [0.15, 0.2) is 6.61 Å². The number of nitrogens with zero attached hydrogens (tertiary/aromatic N) is 1. The fourth-order valence-electron chi connectivity index (χ4n) is 2.18. The van der Waals surface area contributed by atoms with Gasteiger partial charge in [0.1, 0.15) is 4.90 Å². The van der Waals surface area contributed by atoms with Crippen LogP contribution in [-0.2, 0) is 10.0 Å².